The highest BCUT2D eigenvalue weighted by Gasteiger charge is 2.34. The van der Waals surface area contributed by atoms with Gasteiger partial charge in [-0.05, 0) is 291 Å². The van der Waals surface area contributed by atoms with Crippen LogP contribution in [0, 0.1) is 62.3 Å². The molecular formula is C124H110N4O15S. The van der Waals surface area contributed by atoms with Crippen molar-refractivity contribution >= 4 is 122 Å². The maximum absolute atomic E-state index is 12.5. The van der Waals surface area contributed by atoms with E-state index in [0.29, 0.717) is 131 Å². The average Bonchev–Trinajstić information content (AvgIpc) is 1.27. The van der Waals surface area contributed by atoms with Crippen molar-refractivity contribution in [1.82, 2.24) is 19.9 Å². The van der Waals surface area contributed by atoms with Crippen LogP contribution in [0.5, 0.6) is 23.0 Å². The molecule has 23 rings (SSSR count). The van der Waals surface area contributed by atoms with Crippen molar-refractivity contribution in [1.29, 1.82) is 0 Å². The van der Waals surface area contributed by atoms with E-state index >= 15 is 0 Å². The van der Waals surface area contributed by atoms with Crippen molar-refractivity contribution in [2.75, 3.05) is 0 Å². The summed E-state index contributed by atoms with van der Waals surface area (Å²) >= 11 is 1.64. The third kappa shape index (κ3) is 19.4. The molecule has 3 aliphatic rings. The van der Waals surface area contributed by atoms with Crippen molar-refractivity contribution < 1.29 is 71.8 Å². The Hall–Kier alpha value is -16.1. The zero-order chi connectivity index (χ0) is 99.7. The second-order valence-corrected chi connectivity index (χ2v) is 39.4. The smallest absolute Gasteiger partial charge is 0.336 e. The molecule has 0 spiro atoms. The van der Waals surface area contributed by atoms with Gasteiger partial charge in [-0.15, -0.1) is 11.3 Å². The van der Waals surface area contributed by atoms with E-state index in [1.807, 2.05) is 231 Å². The van der Waals surface area contributed by atoms with Gasteiger partial charge >= 0.3 is 23.9 Å². The van der Waals surface area contributed by atoms with E-state index in [9.17, 15) is 39.6 Å². The van der Waals surface area contributed by atoms with E-state index in [0.717, 1.165) is 175 Å². The molecule has 0 aliphatic heterocycles. The maximum Gasteiger partial charge on any atom is 0.336 e. The van der Waals surface area contributed by atoms with Gasteiger partial charge in [0.25, 0.3) is 0 Å². The molecule has 12 aromatic carbocycles. The lowest BCUT2D eigenvalue weighted by atomic mass is 9.82. The number of aromatic nitrogens is 4. The highest BCUT2D eigenvalue weighted by Crippen LogP contribution is 2.48. The fraction of sp³-hybridized carbons (Fsp3) is 0.226. The van der Waals surface area contributed by atoms with Gasteiger partial charge in [-0.1, -0.05) is 212 Å². The SMILES string of the molecule is Cc1c(-c2cc(C(=O)O)c3c(O[C@@H]4CCC[C@@H](c5ccccc5)C4)ccc(C)c3n2)oc2ccccc12.Cc1c(-c2cc(C(=O)O)c3c(O[C@@H]4CCC[C@H](c5ccccc5)C4)ccc(C)c3n2)oc2ccccc12.Cc1c(-c2cc(C(=O)O)c3c(O[C@H]4CCC[C@H](c5ccccc5)C4)ccc(C)c3n2)oc2ccccc12.Cc1ccccc1COc1ccc(C)c2nc(-c3sc4ccccc4c3C)cc(C(=O)O)c12. The molecule has 20 heteroatoms. The molecule has 0 bridgehead atoms. The zero-order valence-corrected chi connectivity index (χ0v) is 82.6. The summed E-state index contributed by atoms with van der Waals surface area (Å²) in [5.41, 5.74) is 21.5. The molecule has 722 valence electrons. The average molecular weight is 1930 g/mol. The van der Waals surface area contributed by atoms with Crippen molar-refractivity contribution in [3.05, 3.63) is 380 Å². The number of fused-ring (bicyclic) bond motifs is 8. The Morgan fingerprint density at radius 2 is 0.611 bits per heavy atom. The zero-order valence-electron chi connectivity index (χ0n) is 81.8. The number of nitrogens with zero attached hydrogens (tertiary/aromatic N) is 4. The summed E-state index contributed by atoms with van der Waals surface area (Å²) in [5, 5.41) is 47.3. The van der Waals surface area contributed by atoms with Crippen LogP contribution in [0.3, 0.4) is 0 Å². The molecule has 0 saturated heterocycles. The molecular weight excluding hydrogens is 1820 g/mol. The number of pyridine rings is 4. The number of aromatic carboxylic acids is 4. The summed E-state index contributed by atoms with van der Waals surface area (Å²) < 4.78 is 45.4. The second kappa shape index (κ2) is 41.2. The Kier molecular flexibility index (Phi) is 27.3. The number of para-hydroxylation sites is 3. The molecule has 3 saturated carbocycles. The molecule has 3 aliphatic carbocycles. The molecule has 19 nitrogen and oxygen atoms in total. The van der Waals surface area contributed by atoms with Gasteiger partial charge in [0.2, 0.25) is 0 Å². The Morgan fingerprint density at radius 1 is 0.312 bits per heavy atom. The second-order valence-electron chi connectivity index (χ2n) is 38.3. The van der Waals surface area contributed by atoms with Crippen LogP contribution in [-0.2, 0) is 6.61 Å². The first-order valence-corrected chi connectivity index (χ1v) is 50.2. The molecule has 0 unspecified atom stereocenters. The number of carboxylic acid groups (broad SMARTS) is 4. The monoisotopic (exact) mass is 1930 g/mol. The van der Waals surface area contributed by atoms with E-state index in [4.69, 9.17) is 52.1 Å². The van der Waals surface area contributed by atoms with Crippen LogP contribution in [0.1, 0.15) is 209 Å². The Balaban J connectivity index is 0.000000117. The first kappa shape index (κ1) is 95.5. The molecule has 0 radical (unpaired) electrons. The maximum atomic E-state index is 12.5. The fourth-order valence-electron chi connectivity index (χ4n) is 21.3. The quantitative estimate of drug-likeness (QED) is 0.0552. The van der Waals surface area contributed by atoms with Gasteiger partial charge in [0, 0.05) is 37.5 Å². The molecule has 144 heavy (non-hydrogen) atoms. The van der Waals surface area contributed by atoms with E-state index < -0.39 is 23.9 Å². The van der Waals surface area contributed by atoms with E-state index in [1.54, 1.807) is 35.6 Å². The normalized spacial score (nSPS) is 16.3. The number of benzene rings is 12. The molecule has 0 amide bonds. The van der Waals surface area contributed by atoms with Crippen molar-refractivity contribution in [2.45, 2.75) is 182 Å². The number of hydrogen-bond acceptors (Lipinski definition) is 16. The first-order valence-electron chi connectivity index (χ1n) is 49.4. The van der Waals surface area contributed by atoms with Gasteiger partial charge < -0.3 is 52.6 Å². The number of thiophene rings is 1. The summed E-state index contributed by atoms with van der Waals surface area (Å²) in [6, 6.07) is 93.2. The summed E-state index contributed by atoms with van der Waals surface area (Å²) in [4.78, 5) is 70.7. The Morgan fingerprint density at radius 3 is 0.951 bits per heavy atom. The number of aryl methyl sites for hydroxylation is 9. The van der Waals surface area contributed by atoms with E-state index in [1.165, 1.54) is 22.1 Å². The van der Waals surface area contributed by atoms with Crippen LogP contribution in [0.2, 0.25) is 0 Å². The number of carboxylic acids is 4. The summed E-state index contributed by atoms with van der Waals surface area (Å²) in [6.45, 7) is 18.2. The number of hydrogen-bond donors (Lipinski definition) is 4. The van der Waals surface area contributed by atoms with Gasteiger partial charge in [-0.25, -0.2) is 39.1 Å². The van der Waals surface area contributed by atoms with Gasteiger partial charge in [0.05, 0.1) is 94.7 Å². The van der Waals surface area contributed by atoms with Crippen LogP contribution in [0.25, 0.3) is 132 Å². The Labute approximate surface area is 837 Å². The van der Waals surface area contributed by atoms with Gasteiger partial charge in [-0.3, -0.25) is 0 Å². The minimum absolute atomic E-state index is 0.0174. The predicted molar refractivity (Wildman–Crippen MR) is 571 cm³/mol. The van der Waals surface area contributed by atoms with E-state index in [2.05, 4.69) is 91.9 Å². The molecule has 20 aromatic rings. The first-order chi connectivity index (χ1) is 69.9. The lowest BCUT2D eigenvalue weighted by Crippen LogP contribution is -2.24. The number of rotatable bonds is 20. The predicted octanol–water partition coefficient (Wildman–Crippen LogP) is 31.5. The number of ether oxygens (including phenoxy) is 4. The molecule has 8 aromatic heterocycles. The largest absolute Gasteiger partial charge is 0.490 e. The van der Waals surface area contributed by atoms with Crippen LogP contribution < -0.4 is 18.9 Å². The fourth-order valence-corrected chi connectivity index (χ4v) is 22.5. The number of carbonyl (C=O) groups is 4. The van der Waals surface area contributed by atoms with Crippen LogP contribution >= 0.6 is 11.3 Å². The Bertz CT molecular complexity index is 7740. The third-order valence-electron chi connectivity index (χ3n) is 28.9. The van der Waals surface area contributed by atoms with Gasteiger partial charge in [0.15, 0.2) is 17.3 Å². The minimum Gasteiger partial charge on any atom is -0.490 e. The van der Waals surface area contributed by atoms with Crippen LogP contribution in [-0.4, -0.2) is 82.6 Å². The molecule has 4 N–H and O–H groups in total. The van der Waals surface area contributed by atoms with Crippen molar-refractivity contribution in [3.8, 4) is 67.9 Å². The van der Waals surface area contributed by atoms with Crippen LogP contribution in [0.4, 0.5) is 0 Å². The summed E-state index contributed by atoms with van der Waals surface area (Å²) in [5.74, 6) is 1.35. The minimum atomic E-state index is -1.01. The third-order valence-corrected chi connectivity index (χ3v) is 30.2. The van der Waals surface area contributed by atoms with Crippen LogP contribution in [0.15, 0.2) is 298 Å². The summed E-state index contributed by atoms with van der Waals surface area (Å²) in [7, 11) is 0. The van der Waals surface area contributed by atoms with Crippen molar-refractivity contribution in [3.63, 3.8) is 0 Å². The van der Waals surface area contributed by atoms with E-state index in [-0.39, 0.29) is 40.6 Å². The lowest BCUT2D eigenvalue weighted by molar-refractivity contribution is 0.0687. The summed E-state index contributed by atoms with van der Waals surface area (Å²) in [6.07, 6.45) is 12.3. The van der Waals surface area contributed by atoms with Gasteiger partial charge in [0.1, 0.15) is 63.4 Å². The molecule has 8 heterocycles. The highest BCUT2D eigenvalue weighted by molar-refractivity contribution is 7.22. The highest BCUT2D eigenvalue weighted by atomic mass is 32.1. The standard InChI is InChI=1S/3C32H29NO4.C28H23NO3S/c3*1-19-15-16-28(36-23-12-8-11-22(17-23)21-9-4-3-5-10-21)29-25(32(34)35)18-26(33-30(19)29)31-20(2)24-13-6-7-14-27(24)37-31;1-16-8-4-5-9-19(16)15-32-23-13-12-17(2)26-25(23)21(28(30)31)14-22(29-26)27-18(3)20-10-6-7-11-24(20)33-27/h3*3-7,9-10,13-16,18,22-23H,8,11-12,17H2,1-2H3,(H,34,35);4-14H,15H2,1-3H3,(H,30,31)/t22-,23+;2*22-,23-;/m010./s1. The topological polar surface area (TPSA) is 277 Å². The number of furan rings is 3. The molecule has 3 fully saturated rings. The van der Waals surface area contributed by atoms with Gasteiger partial charge in [-0.2, -0.15) is 0 Å². The lowest BCUT2D eigenvalue weighted by Gasteiger charge is -2.30. The molecule has 6 atom stereocenters. The van der Waals surface area contributed by atoms with Crippen molar-refractivity contribution in [2.24, 2.45) is 0 Å².